The average molecular weight is 343 g/mol. The molecular formula is C18H19ClN4O. The van der Waals surface area contributed by atoms with Crippen LogP contribution < -0.4 is 0 Å². The van der Waals surface area contributed by atoms with Gasteiger partial charge in [0.25, 0.3) is 0 Å². The van der Waals surface area contributed by atoms with Crippen LogP contribution in [-0.2, 0) is 6.54 Å². The Kier molecular flexibility index (Phi) is 4.36. The van der Waals surface area contributed by atoms with Crippen molar-refractivity contribution in [3.8, 4) is 11.3 Å². The number of benzene rings is 1. The van der Waals surface area contributed by atoms with Crippen molar-refractivity contribution in [1.29, 1.82) is 0 Å². The number of piperidine rings is 1. The zero-order valence-electron chi connectivity index (χ0n) is 13.3. The molecule has 124 valence electrons. The van der Waals surface area contributed by atoms with Crippen molar-refractivity contribution in [3.05, 3.63) is 59.3 Å². The van der Waals surface area contributed by atoms with Gasteiger partial charge in [-0.15, -0.1) is 0 Å². The average Bonchev–Trinajstić information content (AvgIpc) is 3.28. The number of nitrogens with zero attached hydrogens (tertiary/aromatic N) is 3. The Morgan fingerprint density at radius 3 is 2.75 bits per heavy atom. The first-order chi connectivity index (χ1) is 11.8. The Morgan fingerprint density at radius 2 is 2.00 bits per heavy atom. The molecule has 24 heavy (non-hydrogen) atoms. The van der Waals surface area contributed by atoms with Crippen molar-refractivity contribution in [2.24, 2.45) is 0 Å². The van der Waals surface area contributed by atoms with E-state index in [0.717, 1.165) is 55.4 Å². The number of likely N-dealkylation sites (tertiary alicyclic amines) is 1. The Labute approximate surface area is 145 Å². The quantitative estimate of drug-likeness (QED) is 0.775. The molecule has 1 N–H and O–H groups in total. The van der Waals surface area contributed by atoms with E-state index in [0.29, 0.717) is 10.9 Å². The van der Waals surface area contributed by atoms with Crippen molar-refractivity contribution < 1.29 is 4.42 Å². The molecule has 3 heterocycles. The lowest BCUT2D eigenvalue weighted by Crippen LogP contribution is -2.32. The fraction of sp³-hybridized carbons (Fsp3) is 0.333. The molecule has 1 saturated heterocycles. The van der Waals surface area contributed by atoms with Crippen LogP contribution in [-0.4, -0.2) is 33.2 Å². The summed E-state index contributed by atoms with van der Waals surface area (Å²) in [5.41, 5.74) is 0.939. The van der Waals surface area contributed by atoms with Gasteiger partial charge in [0.1, 0.15) is 23.7 Å². The molecule has 0 bridgehead atoms. The molecule has 0 aliphatic carbocycles. The van der Waals surface area contributed by atoms with E-state index in [1.54, 1.807) is 6.33 Å². The largest absolute Gasteiger partial charge is 0.460 e. The van der Waals surface area contributed by atoms with Gasteiger partial charge in [-0.25, -0.2) is 4.98 Å². The van der Waals surface area contributed by atoms with Crippen LogP contribution in [0.15, 0.2) is 47.1 Å². The summed E-state index contributed by atoms with van der Waals surface area (Å²) < 4.78 is 6.00. The topological polar surface area (TPSA) is 58.0 Å². The minimum Gasteiger partial charge on any atom is -0.460 e. The number of rotatable bonds is 4. The predicted octanol–water partition coefficient (Wildman–Crippen LogP) is 4.10. The SMILES string of the molecule is Clc1ccccc1-c1ccc(CN2CCC(c3ncn[nH]3)CC2)o1. The van der Waals surface area contributed by atoms with Crippen molar-refractivity contribution in [2.75, 3.05) is 13.1 Å². The molecule has 1 aliphatic heterocycles. The Bertz CT molecular complexity index is 791. The summed E-state index contributed by atoms with van der Waals surface area (Å²) in [6.07, 6.45) is 3.77. The van der Waals surface area contributed by atoms with Gasteiger partial charge < -0.3 is 4.42 Å². The minimum atomic E-state index is 0.485. The van der Waals surface area contributed by atoms with Gasteiger partial charge in [-0.1, -0.05) is 23.7 Å². The maximum atomic E-state index is 6.24. The molecule has 0 spiro atoms. The third kappa shape index (κ3) is 3.23. The molecule has 5 nitrogen and oxygen atoms in total. The smallest absolute Gasteiger partial charge is 0.137 e. The van der Waals surface area contributed by atoms with Gasteiger partial charge >= 0.3 is 0 Å². The molecular weight excluding hydrogens is 324 g/mol. The van der Waals surface area contributed by atoms with E-state index in [2.05, 4.69) is 20.1 Å². The number of aromatic nitrogens is 3. The van der Waals surface area contributed by atoms with Crippen molar-refractivity contribution in [3.63, 3.8) is 0 Å². The normalized spacial score (nSPS) is 16.5. The molecule has 6 heteroatoms. The molecule has 2 aromatic heterocycles. The van der Waals surface area contributed by atoms with Gasteiger partial charge in [-0.3, -0.25) is 10.00 Å². The van der Waals surface area contributed by atoms with Crippen LogP contribution >= 0.6 is 11.6 Å². The number of halogens is 1. The van der Waals surface area contributed by atoms with E-state index in [9.17, 15) is 0 Å². The maximum absolute atomic E-state index is 6.24. The number of H-pyrrole nitrogens is 1. The summed E-state index contributed by atoms with van der Waals surface area (Å²) in [6, 6.07) is 11.8. The van der Waals surface area contributed by atoms with E-state index in [-0.39, 0.29) is 0 Å². The van der Waals surface area contributed by atoms with Crippen LogP contribution in [0.1, 0.15) is 30.3 Å². The number of hydrogen-bond acceptors (Lipinski definition) is 4. The molecule has 3 aromatic rings. The summed E-state index contributed by atoms with van der Waals surface area (Å²) in [6.45, 7) is 2.90. The first kappa shape index (κ1) is 15.4. The van der Waals surface area contributed by atoms with Gasteiger partial charge in [0.2, 0.25) is 0 Å². The van der Waals surface area contributed by atoms with E-state index in [4.69, 9.17) is 16.0 Å². The highest BCUT2D eigenvalue weighted by molar-refractivity contribution is 6.33. The Hall–Kier alpha value is -2.11. The molecule has 0 unspecified atom stereocenters. The second kappa shape index (κ2) is 6.79. The molecule has 0 radical (unpaired) electrons. The lowest BCUT2D eigenvalue weighted by molar-refractivity contribution is 0.189. The number of aromatic amines is 1. The van der Waals surface area contributed by atoms with E-state index in [1.807, 2.05) is 36.4 Å². The minimum absolute atomic E-state index is 0.485. The Morgan fingerprint density at radius 1 is 1.17 bits per heavy atom. The van der Waals surface area contributed by atoms with Gasteiger partial charge in [-0.05, 0) is 50.2 Å². The summed E-state index contributed by atoms with van der Waals surface area (Å²) in [5, 5.41) is 7.65. The molecule has 1 aromatic carbocycles. The molecule has 4 rings (SSSR count). The van der Waals surface area contributed by atoms with E-state index in [1.165, 1.54) is 0 Å². The summed E-state index contributed by atoms with van der Waals surface area (Å²) >= 11 is 6.24. The van der Waals surface area contributed by atoms with Gasteiger partial charge in [0.05, 0.1) is 11.6 Å². The molecule has 0 atom stereocenters. The molecule has 0 amide bonds. The van der Waals surface area contributed by atoms with Crippen molar-refractivity contribution in [2.45, 2.75) is 25.3 Å². The van der Waals surface area contributed by atoms with Gasteiger partial charge in [0.15, 0.2) is 0 Å². The van der Waals surface area contributed by atoms with E-state index < -0.39 is 0 Å². The fourth-order valence-corrected chi connectivity index (χ4v) is 3.49. The lowest BCUT2D eigenvalue weighted by atomic mass is 9.96. The first-order valence-corrected chi connectivity index (χ1v) is 8.58. The zero-order chi connectivity index (χ0) is 16.4. The highest BCUT2D eigenvalue weighted by Gasteiger charge is 2.23. The predicted molar refractivity (Wildman–Crippen MR) is 92.8 cm³/mol. The van der Waals surface area contributed by atoms with Crippen LogP contribution in [0, 0.1) is 0 Å². The van der Waals surface area contributed by atoms with Crippen molar-refractivity contribution >= 4 is 11.6 Å². The lowest BCUT2D eigenvalue weighted by Gasteiger charge is -2.30. The van der Waals surface area contributed by atoms with Gasteiger partial charge in [0, 0.05) is 11.5 Å². The Balaban J connectivity index is 1.38. The van der Waals surface area contributed by atoms with Crippen LogP contribution in [0.4, 0.5) is 0 Å². The van der Waals surface area contributed by atoms with Crippen LogP contribution in [0.3, 0.4) is 0 Å². The van der Waals surface area contributed by atoms with Crippen LogP contribution in [0.5, 0.6) is 0 Å². The second-order valence-electron chi connectivity index (χ2n) is 6.17. The standard InChI is InChI=1S/C18H19ClN4O/c19-16-4-2-1-3-15(16)17-6-5-14(24-17)11-23-9-7-13(8-10-23)18-20-12-21-22-18/h1-6,12-13H,7-11H2,(H,20,21,22). The van der Waals surface area contributed by atoms with Crippen LogP contribution in [0.2, 0.25) is 5.02 Å². The number of hydrogen-bond donors (Lipinski definition) is 1. The monoisotopic (exact) mass is 342 g/mol. The summed E-state index contributed by atoms with van der Waals surface area (Å²) in [4.78, 5) is 6.70. The van der Waals surface area contributed by atoms with E-state index >= 15 is 0 Å². The third-order valence-electron chi connectivity index (χ3n) is 4.59. The summed E-state index contributed by atoms with van der Waals surface area (Å²) in [7, 11) is 0. The molecule has 1 fully saturated rings. The van der Waals surface area contributed by atoms with Crippen LogP contribution in [0.25, 0.3) is 11.3 Å². The highest BCUT2D eigenvalue weighted by atomic mass is 35.5. The number of furan rings is 1. The molecule has 1 aliphatic rings. The molecule has 0 saturated carbocycles. The zero-order valence-corrected chi connectivity index (χ0v) is 14.0. The fourth-order valence-electron chi connectivity index (χ4n) is 3.27. The summed E-state index contributed by atoms with van der Waals surface area (Å²) in [5.74, 6) is 3.29. The van der Waals surface area contributed by atoms with Crippen molar-refractivity contribution in [1.82, 2.24) is 20.1 Å². The second-order valence-corrected chi connectivity index (χ2v) is 6.57. The maximum Gasteiger partial charge on any atom is 0.137 e. The third-order valence-corrected chi connectivity index (χ3v) is 4.92. The highest BCUT2D eigenvalue weighted by Crippen LogP contribution is 2.30. The number of nitrogens with one attached hydrogen (secondary N) is 1. The van der Waals surface area contributed by atoms with Gasteiger partial charge in [-0.2, -0.15) is 5.10 Å². The first-order valence-electron chi connectivity index (χ1n) is 8.21.